The summed E-state index contributed by atoms with van der Waals surface area (Å²) in [5, 5.41) is 0.541. The molecule has 0 saturated carbocycles. The van der Waals surface area contributed by atoms with Crippen LogP contribution in [-0.2, 0) is 6.54 Å². The lowest BCUT2D eigenvalue weighted by atomic mass is 10.2. The maximum atomic E-state index is 6.22. The van der Waals surface area contributed by atoms with Crippen LogP contribution in [0.3, 0.4) is 0 Å². The number of aryl methyl sites for hydroxylation is 1. The fraction of sp³-hybridized carbons (Fsp3) is 0.133. The number of aromatic nitrogens is 2. The van der Waals surface area contributed by atoms with E-state index in [9.17, 15) is 0 Å². The molecule has 90 valence electrons. The molecule has 1 aromatic heterocycles. The molecule has 1 heterocycles. The number of fused-ring (bicyclic) bond motifs is 1. The summed E-state index contributed by atoms with van der Waals surface area (Å²) in [6.45, 7) is 2.81. The van der Waals surface area contributed by atoms with Gasteiger partial charge in [0, 0.05) is 0 Å². The third-order valence-corrected chi connectivity index (χ3v) is 3.33. The number of benzene rings is 2. The highest BCUT2D eigenvalue weighted by atomic mass is 35.5. The number of halogens is 1. The van der Waals surface area contributed by atoms with Crippen LogP contribution in [0.15, 0.2) is 48.5 Å². The first-order chi connectivity index (χ1) is 8.74. The lowest BCUT2D eigenvalue weighted by Gasteiger charge is -2.05. The van der Waals surface area contributed by atoms with Gasteiger partial charge in [-0.15, -0.1) is 0 Å². The number of hydrogen-bond donors (Lipinski definition) is 0. The van der Waals surface area contributed by atoms with Crippen molar-refractivity contribution in [3.05, 3.63) is 64.9 Å². The molecule has 3 rings (SSSR count). The van der Waals surface area contributed by atoms with Crippen LogP contribution in [0, 0.1) is 6.92 Å². The summed E-state index contributed by atoms with van der Waals surface area (Å²) in [5.74, 6) is 0. The van der Waals surface area contributed by atoms with E-state index in [1.807, 2.05) is 22.8 Å². The van der Waals surface area contributed by atoms with Crippen molar-refractivity contribution in [3.8, 4) is 0 Å². The second-order valence-electron chi connectivity index (χ2n) is 4.44. The summed E-state index contributed by atoms with van der Waals surface area (Å²) >= 11 is 6.22. The van der Waals surface area contributed by atoms with Crippen LogP contribution in [0.25, 0.3) is 11.0 Å². The molecule has 0 saturated heterocycles. The summed E-state index contributed by atoms with van der Waals surface area (Å²) in [5.41, 5.74) is 4.45. The zero-order valence-electron chi connectivity index (χ0n) is 10.1. The van der Waals surface area contributed by atoms with Gasteiger partial charge in [-0.1, -0.05) is 36.4 Å². The highest BCUT2D eigenvalue weighted by molar-refractivity contribution is 6.29. The Kier molecular flexibility index (Phi) is 2.80. The van der Waals surface area contributed by atoms with Crippen molar-refractivity contribution in [1.82, 2.24) is 9.55 Å². The van der Waals surface area contributed by atoms with Gasteiger partial charge >= 0.3 is 0 Å². The summed E-state index contributed by atoms with van der Waals surface area (Å²) in [7, 11) is 0. The Bertz CT molecular complexity index is 686. The van der Waals surface area contributed by atoms with E-state index in [1.165, 1.54) is 11.1 Å². The number of nitrogens with zero attached hydrogens (tertiary/aromatic N) is 2. The van der Waals surface area contributed by atoms with Crippen LogP contribution in [0.5, 0.6) is 0 Å². The molecule has 0 aliphatic heterocycles. The van der Waals surface area contributed by atoms with Crippen molar-refractivity contribution in [1.29, 1.82) is 0 Å². The highest BCUT2D eigenvalue weighted by Gasteiger charge is 2.08. The van der Waals surface area contributed by atoms with Gasteiger partial charge in [0.2, 0.25) is 5.28 Å². The predicted molar refractivity (Wildman–Crippen MR) is 75.0 cm³/mol. The molecule has 0 fully saturated rings. The van der Waals surface area contributed by atoms with Crippen LogP contribution >= 0.6 is 11.6 Å². The van der Waals surface area contributed by atoms with Crippen LogP contribution < -0.4 is 0 Å². The van der Waals surface area contributed by atoms with Gasteiger partial charge in [-0.05, 0) is 41.8 Å². The maximum absolute atomic E-state index is 6.22. The summed E-state index contributed by atoms with van der Waals surface area (Å²) in [6.07, 6.45) is 0. The molecule has 0 radical (unpaired) electrons. The average Bonchev–Trinajstić information content (AvgIpc) is 2.66. The average molecular weight is 257 g/mol. The molecule has 0 atom stereocenters. The second-order valence-corrected chi connectivity index (χ2v) is 4.78. The number of rotatable bonds is 2. The summed E-state index contributed by atoms with van der Waals surface area (Å²) in [6, 6.07) is 16.5. The molecular weight excluding hydrogens is 244 g/mol. The summed E-state index contributed by atoms with van der Waals surface area (Å²) < 4.78 is 2.03. The Labute approximate surface area is 111 Å². The number of imidazole rings is 1. The Hall–Kier alpha value is -1.80. The standard InChI is InChI=1S/C15H13ClN2/c1-11-7-8-14-13(9-11)17-15(16)18(14)10-12-5-3-2-4-6-12/h2-9H,10H2,1H3. The fourth-order valence-electron chi connectivity index (χ4n) is 2.13. The van der Waals surface area contributed by atoms with E-state index in [1.54, 1.807) is 0 Å². The minimum Gasteiger partial charge on any atom is -0.310 e. The molecule has 0 unspecified atom stereocenters. The Morgan fingerprint density at radius 2 is 1.89 bits per heavy atom. The molecular formula is C15H13ClN2. The largest absolute Gasteiger partial charge is 0.310 e. The van der Waals surface area contributed by atoms with Gasteiger partial charge in [-0.3, -0.25) is 0 Å². The topological polar surface area (TPSA) is 17.8 Å². The third-order valence-electron chi connectivity index (χ3n) is 3.04. The predicted octanol–water partition coefficient (Wildman–Crippen LogP) is 4.05. The zero-order chi connectivity index (χ0) is 12.5. The lowest BCUT2D eigenvalue weighted by molar-refractivity contribution is 0.825. The van der Waals surface area contributed by atoms with Crippen LogP contribution in [-0.4, -0.2) is 9.55 Å². The van der Waals surface area contributed by atoms with E-state index in [0.717, 1.165) is 17.6 Å². The molecule has 0 aliphatic rings. The second kappa shape index (κ2) is 4.46. The Balaban J connectivity index is 2.09. The molecule has 0 aliphatic carbocycles. The van der Waals surface area contributed by atoms with Gasteiger partial charge in [-0.25, -0.2) is 4.98 Å². The molecule has 0 N–H and O–H groups in total. The van der Waals surface area contributed by atoms with Crippen molar-refractivity contribution in [2.75, 3.05) is 0 Å². The van der Waals surface area contributed by atoms with E-state index in [0.29, 0.717) is 5.28 Å². The van der Waals surface area contributed by atoms with Gasteiger partial charge in [0.15, 0.2) is 0 Å². The van der Waals surface area contributed by atoms with Crippen molar-refractivity contribution in [2.45, 2.75) is 13.5 Å². The van der Waals surface area contributed by atoms with Gasteiger partial charge in [0.1, 0.15) is 0 Å². The molecule has 2 nitrogen and oxygen atoms in total. The van der Waals surface area contributed by atoms with Crippen molar-refractivity contribution >= 4 is 22.6 Å². The molecule has 0 spiro atoms. The van der Waals surface area contributed by atoms with Crippen LogP contribution in [0.1, 0.15) is 11.1 Å². The number of hydrogen-bond acceptors (Lipinski definition) is 1. The fourth-order valence-corrected chi connectivity index (χ4v) is 2.37. The van der Waals surface area contributed by atoms with Gasteiger partial charge in [0.25, 0.3) is 0 Å². The van der Waals surface area contributed by atoms with E-state index in [-0.39, 0.29) is 0 Å². The monoisotopic (exact) mass is 256 g/mol. The Morgan fingerprint density at radius 1 is 1.11 bits per heavy atom. The minimum absolute atomic E-state index is 0.541. The SMILES string of the molecule is Cc1ccc2c(c1)nc(Cl)n2Cc1ccccc1. The van der Waals surface area contributed by atoms with Gasteiger partial charge < -0.3 is 4.57 Å². The van der Waals surface area contributed by atoms with E-state index >= 15 is 0 Å². The zero-order valence-corrected chi connectivity index (χ0v) is 10.9. The Morgan fingerprint density at radius 3 is 2.67 bits per heavy atom. The van der Waals surface area contributed by atoms with Crippen molar-refractivity contribution < 1.29 is 0 Å². The first-order valence-corrected chi connectivity index (χ1v) is 6.28. The normalized spacial score (nSPS) is 11.0. The van der Waals surface area contributed by atoms with E-state index in [2.05, 4.69) is 42.2 Å². The van der Waals surface area contributed by atoms with Crippen LogP contribution in [0.4, 0.5) is 0 Å². The van der Waals surface area contributed by atoms with E-state index in [4.69, 9.17) is 11.6 Å². The molecule has 18 heavy (non-hydrogen) atoms. The third kappa shape index (κ3) is 2.00. The molecule has 2 aromatic carbocycles. The van der Waals surface area contributed by atoms with Gasteiger partial charge in [-0.2, -0.15) is 0 Å². The van der Waals surface area contributed by atoms with Crippen molar-refractivity contribution in [2.24, 2.45) is 0 Å². The van der Waals surface area contributed by atoms with E-state index < -0.39 is 0 Å². The summed E-state index contributed by atoms with van der Waals surface area (Å²) in [4.78, 5) is 4.40. The van der Waals surface area contributed by atoms with Crippen LogP contribution in [0.2, 0.25) is 5.28 Å². The first-order valence-electron chi connectivity index (χ1n) is 5.90. The van der Waals surface area contributed by atoms with Gasteiger partial charge in [0.05, 0.1) is 17.6 Å². The molecule has 0 amide bonds. The smallest absolute Gasteiger partial charge is 0.204 e. The molecule has 3 heteroatoms. The minimum atomic E-state index is 0.541. The first kappa shape index (κ1) is 11.3. The maximum Gasteiger partial charge on any atom is 0.204 e. The highest BCUT2D eigenvalue weighted by Crippen LogP contribution is 2.22. The molecule has 0 bridgehead atoms. The quantitative estimate of drug-likeness (QED) is 0.676. The van der Waals surface area contributed by atoms with Crippen molar-refractivity contribution in [3.63, 3.8) is 0 Å². The lowest BCUT2D eigenvalue weighted by Crippen LogP contribution is -1.99. The molecule has 3 aromatic rings.